The van der Waals surface area contributed by atoms with Crippen LogP contribution in [0.1, 0.15) is 12.8 Å². The standard InChI is InChI=1S/C17H26N6O5S/c1-29-5-3-9(18)17(26)27-6-11-14(25)13(24)10(28-11)2-4-23-8-22-12-15(19)20-7-21-16(12)23/h7-11,13-14,24-25H,2-6,18H2,1H3,(H2,19,20,21)/t9-,10-,11+,13-,14+/m0/s1. The third kappa shape index (κ3) is 4.95. The quantitative estimate of drug-likeness (QED) is 0.359. The van der Waals surface area contributed by atoms with E-state index in [9.17, 15) is 15.0 Å². The van der Waals surface area contributed by atoms with Crippen LogP contribution in [0.4, 0.5) is 5.82 Å². The lowest BCUT2D eigenvalue weighted by molar-refractivity contribution is -0.150. The molecule has 0 amide bonds. The molecule has 6 N–H and O–H groups in total. The van der Waals surface area contributed by atoms with Gasteiger partial charge >= 0.3 is 5.97 Å². The number of nitrogens with zero attached hydrogens (tertiary/aromatic N) is 4. The van der Waals surface area contributed by atoms with Gasteiger partial charge in [-0.25, -0.2) is 15.0 Å². The van der Waals surface area contributed by atoms with Crippen LogP contribution in [0, 0.1) is 0 Å². The minimum absolute atomic E-state index is 0.168. The van der Waals surface area contributed by atoms with Gasteiger partial charge in [0.1, 0.15) is 42.8 Å². The Kier molecular flexibility index (Phi) is 7.24. The highest BCUT2D eigenvalue weighted by Gasteiger charge is 2.43. The summed E-state index contributed by atoms with van der Waals surface area (Å²) >= 11 is 1.59. The lowest BCUT2D eigenvalue weighted by Gasteiger charge is -2.16. The molecule has 3 rings (SSSR count). The van der Waals surface area contributed by atoms with E-state index < -0.39 is 36.4 Å². The Hall–Kier alpha value is -1.99. The molecule has 0 saturated carbocycles. The van der Waals surface area contributed by atoms with Crippen LogP contribution in [0.5, 0.6) is 0 Å². The number of aliphatic hydroxyl groups excluding tert-OH is 2. The predicted molar refractivity (Wildman–Crippen MR) is 107 cm³/mol. The third-order valence-corrected chi connectivity index (χ3v) is 5.51. The average Bonchev–Trinajstić information content (AvgIpc) is 3.25. The summed E-state index contributed by atoms with van der Waals surface area (Å²) < 4.78 is 12.6. The fourth-order valence-electron chi connectivity index (χ4n) is 3.16. The molecule has 5 atom stereocenters. The van der Waals surface area contributed by atoms with Gasteiger partial charge in [-0.3, -0.25) is 4.79 Å². The Morgan fingerprint density at radius 2 is 2.10 bits per heavy atom. The smallest absolute Gasteiger partial charge is 0.323 e. The highest BCUT2D eigenvalue weighted by Crippen LogP contribution is 2.25. The fourth-order valence-corrected chi connectivity index (χ4v) is 3.65. The third-order valence-electron chi connectivity index (χ3n) is 4.87. The van der Waals surface area contributed by atoms with Crippen LogP contribution >= 0.6 is 11.8 Å². The largest absolute Gasteiger partial charge is 0.462 e. The van der Waals surface area contributed by atoms with Gasteiger partial charge in [0.05, 0.1) is 12.4 Å². The van der Waals surface area contributed by atoms with Crippen LogP contribution in [-0.4, -0.2) is 84.8 Å². The first-order valence-electron chi connectivity index (χ1n) is 9.26. The van der Waals surface area contributed by atoms with E-state index in [4.69, 9.17) is 20.9 Å². The zero-order chi connectivity index (χ0) is 21.0. The van der Waals surface area contributed by atoms with Gasteiger partial charge in [-0.15, -0.1) is 0 Å². The SMILES string of the molecule is CSCC[C@H](N)C(=O)OC[C@H]1O[C@@H](CCn2cnc3c(N)ncnc32)[C@H](O)[C@@H]1O. The summed E-state index contributed by atoms with van der Waals surface area (Å²) in [4.78, 5) is 24.2. The number of carbonyl (C=O) groups is 1. The van der Waals surface area contributed by atoms with Gasteiger partial charge in [-0.1, -0.05) is 0 Å². The molecule has 11 nitrogen and oxygen atoms in total. The summed E-state index contributed by atoms with van der Waals surface area (Å²) in [6.45, 7) is 0.270. The van der Waals surface area contributed by atoms with Crippen LogP contribution in [0.25, 0.3) is 11.2 Å². The van der Waals surface area contributed by atoms with Gasteiger partial charge in [0.15, 0.2) is 11.5 Å². The molecule has 29 heavy (non-hydrogen) atoms. The summed E-state index contributed by atoms with van der Waals surface area (Å²) in [7, 11) is 0. The topological polar surface area (TPSA) is 172 Å². The van der Waals surface area contributed by atoms with Crippen molar-refractivity contribution in [2.75, 3.05) is 24.3 Å². The number of anilines is 1. The van der Waals surface area contributed by atoms with Gasteiger partial charge in [0.25, 0.3) is 0 Å². The number of thioether (sulfide) groups is 1. The van der Waals surface area contributed by atoms with Gasteiger partial charge in [0.2, 0.25) is 0 Å². The molecule has 0 spiro atoms. The second-order valence-electron chi connectivity index (χ2n) is 6.87. The number of ether oxygens (including phenoxy) is 2. The first-order valence-corrected chi connectivity index (χ1v) is 10.7. The van der Waals surface area contributed by atoms with Crippen molar-refractivity contribution in [3.05, 3.63) is 12.7 Å². The first-order chi connectivity index (χ1) is 13.9. The van der Waals surface area contributed by atoms with Gasteiger partial charge in [-0.05, 0) is 24.9 Å². The predicted octanol–water partition coefficient (Wildman–Crippen LogP) is -1.09. The van der Waals surface area contributed by atoms with Crippen molar-refractivity contribution >= 4 is 34.7 Å². The van der Waals surface area contributed by atoms with Crippen molar-refractivity contribution < 1.29 is 24.5 Å². The Morgan fingerprint density at radius 3 is 2.86 bits per heavy atom. The normalized spacial score (nSPS) is 25.4. The maximum absolute atomic E-state index is 11.9. The van der Waals surface area contributed by atoms with E-state index in [1.807, 2.05) is 6.26 Å². The molecule has 1 aliphatic heterocycles. The number of esters is 1. The van der Waals surface area contributed by atoms with Crippen molar-refractivity contribution in [2.24, 2.45) is 5.73 Å². The molecule has 0 bridgehead atoms. The Labute approximate surface area is 171 Å². The number of nitrogen functional groups attached to an aromatic ring is 1. The van der Waals surface area contributed by atoms with Crippen LogP contribution in [0.15, 0.2) is 12.7 Å². The minimum atomic E-state index is -1.16. The van der Waals surface area contributed by atoms with E-state index in [1.54, 1.807) is 22.7 Å². The minimum Gasteiger partial charge on any atom is -0.462 e. The molecule has 1 aliphatic rings. The van der Waals surface area contributed by atoms with Crippen LogP contribution in [0.2, 0.25) is 0 Å². The van der Waals surface area contributed by atoms with Crippen molar-refractivity contribution in [1.82, 2.24) is 19.5 Å². The molecule has 0 aliphatic carbocycles. The molecule has 2 aromatic heterocycles. The number of hydrogen-bond acceptors (Lipinski definition) is 11. The van der Waals surface area contributed by atoms with E-state index >= 15 is 0 Å². The number of nitrogens with two attached hydrogens (primary N) is 2. The number of rotatable bonds is 9. The van der Waals surface area contributed by atoms with Gasteiger partial charge < -0.3 is 35.7 Å². The zero-order valence-corrected chi connectivity index (χ0v) is 16.9. The number of fused-ring (bicyclic) bond motifs is 1. The van der Waals surface area contributed by atoms with Crippen molar-refractivity contribution in [2.45, 2.75) is 49.8 Å². The molecule has 1 fully saturated rings. The molecular formula is C17H26N6O5S. The Morgan fingerprint density at radius 1 is 1.34 bits per heavy atom. The van der Waals surface area contributed by atoms with Gasteiger partial charge in [-0.2, -0.15) is 11.8 Å². The number of aromatic nitrogens is 4. The first kappa shape index (κ1) is 21.7. The molecule has 3 heterocycles. The molecule has 0 radical (unpaired) electrons. The van der Waals surface area contributed by atoms with Crippen LogP contribution < -0.4 is 11.5 Å². The number of hydrogen-bond donors (Lipinski definition) is 4. The van der Waals surface area contributed by atoms with Crippen molar-refractivity contribution in [1.29, 1.82) is 0 Å². The molecule has 1 saturated heterocycles. The average molecular weight is 426 g/mol. The van der Waals surface area contributed by atoms with Crippen LogP contribution in [-0.2, 0) is 20.8 Å². The lowest BCUT2D eigenvalue weighted by atomic mass is 10.1. The summed E-state index contributed by atoms with van der Waals surface area (Å²) in [6, 6.07) is -0.717. The number of aryl methyl sites for hydroxylation is 1. The molecule has 12 heteroatoms. The highest BCUT2D eigenvalue weighted by atomic mass is 32.2. The lowest BCUT2D eigenvalue weighted by Crippen LogP contribution is -2.38. The van der Waals surface area contributed by atoms with Gasteiger partial charge in [0, 0.05) is 6.54 Å². The number of carbonyl (C=O) groups excluding carboxylic acids is 1. The number of aliphatic hydroxyl groups is 2. The molecule has 160 valence electrons. The molecule has 0 aromatic carbocycles. The van der Waals surface area contributed by atoms with Crippen molar-refractivity contribution in [3.63, 3.8) is 0 Å². The Bertz CT molecular complexity index is 836. The second kappa shape index (κ2) is 9.67. The fraction of sp³-hybridized carbons (Fsp3) is 0.647. The monoisotopic (exact) mass is 426 g/mol. The van der Waals surface area contributed by atoms with E-state index in [0.29, 0.717) is 36.4 Å². The summed E-state index contributed by atoms with van der Waals surface area (Å²) in [5.41, 5.74) is 12.6. The maximum atomic E-state index is 11.9. The van der Waals surface area contributed by atoms with Crippen molar-refractivity contribution in [3.8, 4) is 0 Å². The maximum Gasteiger partial charge on any atom is 0.323 e. The summed E-state index contributed by atoms with van der Waals surface area (Å²) in [5, 5.41) is 20.5. The highest BCUT2D eigenvalue weighted by molar-refractivity contribution is 7.98. The van der Waals surface area contributed by atoms with E-state index in [-0.39, 0.29) is 6.61 Å². The van der Waals surface area contributed by atoms with E-state index in [2.05, 4.69) is 15.0 Å². The van der Waals surface area contributed by atoms with E-state index in [1.165, 1.54) is 6.33 Å². The second-order valence-corrected chi connectivity index (χ2v) is 7.86. The summed E-state index contributed by atoms with van der Waals surface area (Å²) in [6.07, 6.45) is 2.07. The molecule has 0 unspecified atom stereocenters. The van der Waals surface area contributed by atoms with Crippen LogP contribution in [0.3, 0.4) is 0 Å². The Balaban J connectivity index is 1.52. The zero-order valence-electron chi connectivity index (χ0n) is 16.0. The molecular weight excluding hydrogens is 400 g/mol. The summed E-state index contributed by atoms with van der Waals surface area (Å²) in [5.74, 6) is 0.493. The van der Waals surface area contributed by atoms with E-state index in [0.717, 1.165) is 5.75 Å². The number of imidazole rings is 1. The molecule has 2 aromatic rings.